The van der Waals surface area contributed by atoms with Crippen molar-refractivity contribution in [3.63, 3.8) is 0 Å². The van der Waals surface area contributed by atoms with Crippen molar-refractivity contribution >= 4 is 22.9 Å². The molecule has 0 saturated heterocycles. The Balaban J connectivity index is 2.20. The van der Waals surface area contributed by atoms with E-state index in [1.54, 1.807) is 7.11 Å². The lowest BCUT2D eigenvalue weighted by Crippen LogP contribution is -2.33. The van der Waals surface area contributed by atoms with Crippen molar-refractivity contribution in [3.8, 4) is 5.75 Å². The number of rotatable bonds is 4. The summed E-state index contributed by atoms with van der Waals surface area (Å²) < 4.78 is 5.30. The van der Waals surface area contributed by atoms with Gasteiger partial charge >= 0.3 is 0 Å². The molecule has 2 rings (SSSR count). The van der Waals surface area contributed by atoms with Gasteiger partial charge in [-0.1, -0.05) is 26.1 Å². The van der Waals surface area contributed by atoms with Crippen LogP contribution < -0.4 is 15.8 Å². The smallest absolute Gasteiger partial charge is 0.120 e. The lowest BCUT2D eigenvalue weighted by Gasteiger charge is -2.34. The van der Waals surface area contributed by atoms with Crippen molar-refractivity contribution in [2.45, 2.75) is 39.2 Å². The Labute approximate surface area is 126 Å². The average molecular weight is 292 g/mol. The molecule has 0 amide bonds. The molecule has 0 aromatic heterocycles. The highest BCUT2D eigenvalue weighted by Gasteiger charge is 2.25. The van der Waals surface area contributed by atoms with E-state index in [0.29, 0.717) is 16.9 Å². The molecule has 4 heteroatoms. The van der Waals surface area contributed by atoms with Crippen LogP contribution in [-0.2, 0) is 0 Å². The lowest BCUT2D eigenvalue weighted by molar-refractivity contribution is 0.276. The van der Waals surface area contributed by atoms with Crippen molar-refractivity contribution in [1.82, 2.24) is 0 Å². The number of nitrogens with one attached hydrogen (secondary N) is 1. The van der Waals surface area contributed by atoms with Crippen LogP contribution >= 0.6 is 12.2 Å². The monoisotopic (exact) mass is 292 g/mol. The molecule has 1 aromatic carbocycles. The van der Waals surface area contributed by atoms with Gasteiger partial charge < -0.3 is 15.8 Å². The maximum absolute atomic E-state index is 5.82. The zero-order chi connectivity index (χ0) is 14.7. The van der Waals surface area contributed by atoms with E-state index in [9.17, 15) is 0 Å². The van der Waals surface area contributed by atoms with E-state index in [2.05, 4.69) is 19.2 Å². The van der Waals surface area contributed by atoms with E-state index < -0.39 is 0 Å². The molecule has 20 heavy (non-hydrogen) atoms. The molecule has 0 bridgehead atoms. The number of hydrogen-bond acceptors (Lipinski definition) is 3. The number of hydrogen-bond donors (Lipinski definition) is 2. The van der Waals surface area contributed by atoms with Gasteiger partial charge in [0.05, 0.1) is 7.11 Å². The van der Waals surface area contributed by atoms with Crippen molar-refractivity contribution in [2.75, 3.05) is 12.4 Å². The second-order valence-electron chi connectivity index (χ2n) is 5.92. The minimum absolute atomic E-state index is 0.423. The van der Waals surface area contributed by atoms with Gasteiger partial charge in [0.2, 0.25) is 0 Å². The minimum Gasteiger partial charge on any atom is -0.497 e. The fraction of sp³-hybridized carbons (Fsp3) is 0.562. The lowest BCUT2D eigenvalue weighted by atomic mass is 9.79. The number of nitrogens with two attached hydrogens (primary N) is 1. The van der Waals surface area contributed by atoms with Crippen LogP contribution in [0.25, 0.3) is 0 Å². The third-order valence-corrected chi connectivity index (χ3v) is 4.48. The summed E-state index contributed by atoms with van der Waals surface area (Å²) in [5.41, 5.74) is 7.70. The van der Waals surface area contributed by atoms with Crippen LogP contribution in [0.3, 0.4) is 0 Å². The van der Waals surface area contributed by atoms with E-state index in [0.717, 1.165) is 22.9 Å². The zero-order valence-corrected chi connectivity index (χ0v) is 13.3. The normalized spacial score (nSPS) is 26.1. The zero-order valence-electron chi connectivity index (χ0n) is 12.5. The number of thiocarbonyl (C=S) groups is 1. The van der Waals surface area contributed by atoms with Crippen LogP contribution in [0.4, 0.5) is 5.69 Å². The molecule has 0 heterocycles. The highest BCUT2D eigenvalue weighted by Crippen LogP contribution is 2.32. The minimum atomic E-state index is 0.423. The molecule has 3 N–H and O–H groups in total. The standard InChI is InChI=1S/C16H24N2OS/c1-10-4-7-14(11(2)8-10)18-15-9-12(19-3)5-6-13(15)16(17)20/h5-6,9-11,14,18H,4,7-8H2,1-3H3,(H2,17,20). The first-order chi connectivity index (χ1) is 9.51. The van der Waals surface area contributed by atoms with Crippen LogP contribution in [0.2, 0.25) is 0 Å². The summed E-state index contributed by atoms with van der Waals surface area (Å²) in [5.74, 6) is 2.30. The number of benzene rings is 1. The molecule has 3 nitrogen and oxygen atoms in total. The van der Waals surface area contributed by atoms with E-state index in [4.69, 9.17) is 22.7 Å². The van der Waals surface area contributed by atoms with E-state index in [1.807, 2.05) is 18.2 Å². The fourth-order valence-electron chi connectivity index (χ4n) is 3.06. The Morgan fingerprint density at radius 3 is 2.70 bits per heavy atom. The second kappa shape index (κ2) is 6.44. The Morgan fingerprint density at radius 2 is 2.10 bits per heavy atom. The molecule has 0 aliphatic heterocycles. The summed E-state index contributed by atoms with van der Waals surface area (Å²) in [6.45, 7) is 4.65. The summed E-state index contributed by atoms with van der Waals surface area (Å²) in [6.07, 6.45) is 3.73. The topological polar surface area (TPSA) is 47.3 Å². The Bertz CT molecular complexity index is 489. The van der Waals surface area contributed by atoms with Crippen LogP contribution in [0.1, 0.15) is 38.7 Å². The number of anilines is 1. The number of ether oxygens (including phenoxy) is 1. The van der Waals surface area contributed by atoms with Crippen molar-refractivity contribution in [2.24, 2.45) is 17.6 Å². The molecule has 0 radical (unpaired) electrons. The molecule has 1 aromatic rings. The molecule has 3 unspecified atom stereocenters. The van der Waals surface area contributed by atoms with E-state index >= 15 is 0 Å². The maximum atomic E-state index is 5.82. The molecular formula is C16H24N2OS. The molecule has 0 spiro atoms. The van der Waals surface area contributed by atoms with E-state index in [1.165, 1.54) is 19.3 Å². The molecule has 1 saturated carbocycles. The third kappa shape index (κ3) is 3.42. The van der Waals surface area contributed by atoms with Gasteiger partial charge in [-0.15, -0.1) is 0 Å². The first-order valence-corrected chi connectivity index (χ1v) is 7.66. The summed E-state index contributed by atoms with van der Waals surface area (Å²) in [7, 11) is 1.67. The van der Waals surface area contributed by atoms with Gasteiger partial charge in [0, 0.05) is 23.4 Å². The number of methoxy groups -OCH3 is 1. The van der Waals surface area contributed by atoms with Gasteiger partial charge in [-0.05, 0) is 43.2 Å². The predicted molar refractivity (Wildman–Crippen MR) is 88.5 cm³/mol. The first kappa shape index (κ1) is 15.1. The summed E-state index contributed by atoms with van der Waals surface area (Å²) in [6, 6.07) is 6.29. The van der Waals surface area contributed by atoms with Crippen molar-refractivity contribution < 1.29 is 4.74 Å². The Kier molecular flexibility index (Phi) is 4.86. The van der Waals surface area contributed by atoms with Gasteiger partial charge in [0.15, 0.2) is 0 Å². The second-order valence-corrected chi connectivity index (χ2v) is 6.36. The summed E-state index contributed by atoms with van der Waals surface area (Å²) >= 11 is 5.14. The maximum Gasteiger partial charge on any atom is 0.120 e. The molecule has 1 aliphatic carbocycles. The highest BCUT2D eigenvalue weighted by atomic mass is 32.1. The summed E-state index contributed by atoms with van der Waals surface area (Å²) in [5, 5.41) is 3.63. The van der Waals surface area contributed by atoms with Gasteiger partial charge in [0.1, 0.15) is 10.7 Å². The highest BCUT2D eigenvalue weighted by molar-refractivity contribution is 7.80. The van der Waals surface area contributed by atoms with Crippen LogP contribution in [0.15, 0.2) is 18.2 Å². The van der Waals surface area contributed by atoms with Crippen molar-refractivity contribution in [3.05, 3.63) is 23.8 Å². The Morgan fingerprint density at radius 1 is 1.35 bits per heavy atom. The average Bonchev–Trinajstić information content (AvgIpc) is 2.41. The molecule has 1 aliphatic rings. The van der Waals surface area contributed by atoms with E-state index in [-0.39, 0.29) is 0 Å². The third-order valence-electron chi connectivity index (χ3n) is 4.26. The predicted octanol–water partition coefficient (Wildman–Crippen LogP) is 3.57. The van der Waals surface area contributed by atoms with Gasteiger partial charge in [-0.25, -0.2) is 0 Å². The largest absolute Gasteiger partial charge is 0.497 e. The van der Waals surface area contributed by atoms with Gasteiger partial charge in [0.25, 0.3) is 0 Å². The fourth-order valence-corrected chi connectivity index (χ4v) is 3.24. The molecule has 3 atom stereocenters. The van der Waals surface area contributed by atoms with Gasteiger partial charge in [-0.2, -0.15) is 0 Å². The van der Waals surface area contributed by atoms with Crippen LogP contribution in [-0.4, -0.2) is 18.1 Å². The Hall–Kier alpha value is -1.29. The van der Waals surface area contributed by atoms with Crippen LogP contribution in [0.5, 0.6) is 5.75 Å². The SMILES string of the molecule is COc1ccc(C(N)=S)c(NC2CCC(C)CC2C)c1. The molecule has 1 fully saturated rings. The molecular weight excluding hydrogens is 268 g/mol. The molecule has 110 valence electrons. The summed E-state index contributed by atoms with van der Waals surface area (Å²) in [4.78, 5) is 0.423. The van der Waals surface area contributed by atoms with Gasteiger partial charge in [-0.3, -0.25) is 0 Å². The quantitative estimate of drug-likeness (QED) is 0.833. The first-order valence-electron chi connectivity index (χ1n) is 7.25. The van der Waals surface area contributed by atoms with Crippen molar-refractivity contribution in [1.29, 1.82) is 0 Å². The van der Waals surface area contributed by atoms with Crippen LogP contribution in [0, 0.1) is 11.8 Å².